The summed E-state index contributed by atoms with van der Waals surface area (Å²) in [6.07, 6.45) is 0. The Bertz CT molecular complexity index is 2520. The number of hydrogen-bond acceptors (Lipinski definition) is 2. The molecule has 0 N–H and O–H groups in total. The molecule has 9 rings (SSSR count). The van der Waals surface area contributed by atoms with Gasteiger partial charge in [-0.3, -0.25) is 0 Å². The molecule has 2 heterocycles. The minimum atomic E-state index is 0.855. The molecule has 0 aliphatic rings. The van der Waals surface area contributed by atoms with E-state index in [1.54, 1.807) is 0 Å². The Morgan fingerprint density at radius 2 is 0.848 bits per heavy atom. The van der Waals surface area contributed by atoms with Crippen LogP contribution in [0.25, 0.3) is 88.7 Å². The van der Waals surface area contributed by atoms with E-state index in [1.165, 1.54) is 5.56 Å². The van der Waals surface area contributed by atoms with Crippen molar-refractivity contribution in [1.29, 1.82) is 0 Å². The highest BCUT2D eigenvalue weighted by atomic mass is 16.3. The summed E-state index contributed by atoms with van der Waals surface area (Å²) in [4.78, 5) is 0. The molecule has 0 atom stereocenters. The minimum Gasteiger partial charge on any atom is -0.455 e. The Hall–Kier alpha value is -6.12. The second-order valence-corrected chi connectivity index (χ2v) is 11.6. The molecular weight excluding hydrogens is 560 g/mol. The van der Waals surface area contributed by atoms with Crippen LogP contribution in [0.4, 0.5) is 0 Å². The maximum absolute atomic E-state index is 6.99. The molecule has 0 saturated heterocycles. The third-order valence-corrected chi connectivity index (χ3v) is 8.92. The number of para-hydroxylation sites is 2. The zero-order valence-electron chi connectivity index (χ0n) is 25.0. The quantitative estimate of drug-likeness (QED) is 0.200. The molecular formula is C44H28O2. The molecule has 0 spiro atoms. The lowest BCUT2D eigenvalue weighted by molar-refractivity contribution is 0.602. The first-order valence-corrected chi connectivity index (χ1v) is 15.6. The lowest BCUT2D eigenvalue weighted by atomic mass is 9.88. The zero-order valence-corrected chi connectivity index (χ0v) is 25.0. The van der Waals surface area contributed by atoms with Crippen molar-refractivity contribution in [3.05, 3.63) is 170 Å². The SMILES string of the molecule is c1ccc(-c2cccc(-c3oc(-c4cccc(-c5cccc6c5oc5ccccc56)c4-c4ccccc4)c4ccccc34)c2)cc1. The Labute approximate surface area is 266 Å². The summed E-state index contributed by atoms with van der Waals surface area (Å²) in [5, 5.41) is 4.41. The molecule has 2 nitrogen and oxygen atoms in total. The van der Waals surface area contributed by atoms with E-state index in [1.807, 2.05) is 18.2 Å². The van der Waals surface area contributed by atoms with Crippen molar-refractivity contribution in [3.8, 4) is 56.0 Å². The molecule has 0 radical (unpaired) electrons. The third-order valence-electron chi connectivity index (χ3n) is 8.92. The molecule has 216 valence electrons. The monoisotopic (exact) mass is 588 g/mol. The van der Waals surface area contributed by atoms with Gasteiger partial charge in [-0.1, -0.05) is 158 Å². The normalized spacial score (nSPS) is 11.5. The van der Waals surface area contributed by atoms with Crippen LogP contribution in [0.15, 0.2) is 179 Å². The van der Waals surface area contributed by atoms with Crippen molar-refractivity contribution in [2.24, 2.45) is 0 Å². The van der Waals surface area contributed by atoms with Gasteiger partial charge in [-0.2, -0.15) is 0 Å². The van der Waals surface area contributed by atoms with Gasteiger partial charge in [0.1, 0.15) is 22.7 Å². The molecule has 2 aromatic heterocycles. The molecule has 46 heavy (non-hydrogen) atoms. The van der Waals surface area contributed by atoms with Gasteiger partial charge < -0.3 is 8.83 Å². The number of hydrogen-bond donors (Lipinski definition) is 0. The summed E-state index contributed by atoms with van der Waals surface area (Å²) in [6, 6.07) is 59.4. The van der Waals surface area contributed by atoms with E-state index in [-0.39, 0.29) is 0 Å². The van der Waals surface area contributed by atoms with Crippen molar-refractivity contribution in [1.82, 2.24) is 0 Å². The number of benzene rings is 7. The van der Waals surface area contributed by atoms with Crippen molar-refractivity contribution < 1.29 is 8.83 Å². The number of furan rings is 2. The van der Waals surface area contributed by atoms with Crippen LogP contribution in [0.2, 0.25) is 0 Å². The highest BCUT2D eigenvalue weighted by molar-refractivity contribution is 6.12. The second kappa shape index (κ2) is 10.8. The van der Waals surface area contributed by atoms with Crippen LogP contribution in [0.5, 0.6) is 0 Å². The van der Waals surface area contributed by atoms with E-state index in [9.17, 15) is 0 Å². The molecule has 0 aliphatic carbocycles. The fraction of sp³-hybridized carbons (Fsp3) is 0. The molecule has 2 heteroatoms. The summed E-state index contributed by atoms with van der Waals surface area (Å²) >= 11 is 0. The summed E-state index contributed by atoms with van der Waals surface area (Å²) in [5.74, 6) is 1.72. The van der Waals surface area contributed by atoms with Gasteiger partial charge >= 0.3 is 0 Å². The standard InChI is InChI=1S/C44H28O2/c1-3-14-29(15-4-1)31-18-11-19-32(28-31)42-37-21-7-8-22-38(37)44(46-42)39-26-12-23-34(41(39)30-16-5-2-6-17-30)36-25-13-24-35-33-20-9-10-27-40(33)45-43(35)36/h1-28H. The van der Waals surface area contributed by atoms with E-state index >= 15 is 0 Å². The Kier molecular flexibility index (Phi) is 6.17. The fourth-order valence-corrected chi connectivity index (χ4v) is 6.82. The van der Waals surface area contributed by atoms with E-state index in [2.05, 4.69) is 152 Å². The van der Waals surface area contributed by atoms with Crippen LogP contribution in [-0.2, 0) is 0 Å². The van der Waals surface area contributed by atoms with E-state index in [0.29, 0.717) is 0 Å². The van der Waals surface area contributed by atoms with E-state index < -0.39 is 0 Å². The molecule has 7 aromatic carbocycles. The van der Waals surface area contributed by atoms with Gasteiger partial charge in [-0.25, -0.2) is 0 Å². The van der Waals surface area contributed by atoms with Crippen molar-refractivity contribution in [2.45, 2.75) is 0 Å². The average molecular weight is 589 g/mol. The first-order valence-electron chi connectivity index (χ1n) is 15.6. The summed E-state index contributed by atoms with van der Waals surface area (Å²) in [5.41, 5.74) is 10.6. The predicted octanol–water partition coefficient (Wildman–Crippen LogP) is 12.7. The summed E-state index contributed by atoms with van der Waals surface area (Å²) in [7, 11) is 0. The maximum atomic E-state index is 6.99. The Balaban J connectivity index is 1.30. The number of fused-ring (bicyclic) bond motifs is 4. The Morgan fingerprint density at radius 3 is 1.65 bits per heavy atom. The molecule has 0 amide bonds. The second-order valence-electron chi connectivity index (χ2n) is 11.6. The summed E-state index contributed by atoms with van der Waals surface area (Å²) in [6.45, 7) is 0. The highest BCUT2D eigenvalue weighted by Crippen LogP contribution is 2.47. The summed E-state index contributed by atoms with van der Waals surface area (Å²) < 4.78 is 13.5. The predicted molar refractivity (Wildman–Crippen MR) is 191 cm³/mol. The smallest absolute Gasteiger partial charge is 0.143 e. The first-order chi connectivity index (χ1) is 22.8. The van der Waals surface area contributed by atoms with Gasteiger partial charge in [0.25, 0.3) is 0 Å². The molecule has 0 unspecified atom stereocenters. The van der Waals surface area contributed by atoms with Gasteiger partial charge in [0.2, 0.25) is 0 Å². The van der Waals surface area contributed by atoms with Gasteiger partial charge in [-0.05, 0) is 34.4 Å². The van der Waals surface area contributed by atoms with Gasteiger partial charge in [-0.15, -0.1) is 0 Å². The minimum absolute atomic E-state index is 0.855. The molecule has 0 aliphatic heterocycles. The van der Waals surface area contributed by atoms with Crippen LogP contribution >= 0.6 is 0 Å². The lowest BCUT2D eigenvalue weighted by Gasteiger charge is -2.15. The van der Waals surface area contributed by atoms with Crippen LogP contribution in [-0.4, -0.2) is 0 Å². The van der Waals surface area contributed by atoms with Gasteiger partial charge in [0.15, 0.2) is 0 Å². The third kappa shape index (κ3) is 4.27. The molecule has 0 saturated carbocycles. The average Bonchev–Trinajstić information content (AvgIpc) is 3.71. The van der Waals surface area contributed by atoms with E-state index in [0.717, 1.165) is 83.2 Å². The van der Waals surface area contributed by atoms with Crippen LogP contribution in [0.3, 0.4) is 0 Å². The first kappa shape index (κ1) is 26.3. The van der Waals surface area contributed by atoms with Crippen molar-refractivity contribution >= 4 is 32.7 Å². The van der Waals surface area contributed by atoms with Crippen LogP contribution in [0, 0.1) is 0 Å². The Morgan fingerprint density at radius 1 is 0.304 bits per heavy atom. The van der Waals surface area contributed by atoms with E-state index in [4.69, 9.17) is 8.83 Å². The fourth-order valence-electron chi connectivity index (χ4n) is 6.82. The number of rotatable bonds is 5. The van der Waals surface area contributed by atoms with Crippen molar-refractivity contribution in [2.75, 3.05) is 0 Å². The van der Waals surface area contributed by atoms with Gasteiger partial charge in [0, 0.05) is 43.8 Å². The van der Waals surface area contributed by atoms with Crippen LogP contribution < -0.4 is 0 Å². The zero-order chi connectivity index (χ0) is 30.5. The lowest BCUT2D eigenvalue weighted by Crippen LogP contribution is -1.90. The molecule has 0 fully saturated rings. The maximum Gasteiger partial charge on any atom is 0.143 e. The molecule has 9 aromatic rings. The van der Waals surface area contributed by atoms with Crippen molar-refractivity contribution in [3.63, 3.8) is 0 Å². The topological polar surface area (TPSA) is 26.3 Å². The van der Waals surface area contributed by atoms with Crippen LogP contribution in [0.1, 0.15) is 0 Å². The molecule has 0 bridgehead atoms. The highest BCUT2D eigenvalue weighted by Gasteiger charge is 2.23. The van der Waals surface area contributed by atoms with Gasteiger partial charge in [0.05, 0.1) is 0 Å². The largest absolute Gasteiger partial charge is 0.455 e.